The van der Waals surface area contributed by atoms with E-state index < -0.39 is 0 Å². The number of piperidine rings is 1. The predicted octanol–water partition coefficient (Wildman–Crippen LogP) is 2.95. The van der Waals surface area contributed by atoms with E-state index in [9.17, 15) is 0 Å². The normalized spacial score (nSPS) is 26.1. The Bertz CT molecular complexity index is 296. The molecule has 0 aromatic carbocycles. The summed E-state index contributed by atoms with van der Waals surface area (Å²) in [4.78, 5) is 5.37. The van der Waals surface area contributed by atoms with E-state index in [2.05, 4.69) is 37.5 Å². The van der Waals surface area contributed by atoms with Crippen LogP contribution in [0.2, 0.25) is 0 Å². The van der Waals surface area contributed by atoms with Crippen molar-refractivity contribution in [2.75, 3.05) is 32.7 Å². The molecule has 0 aliphatic carbocycles. The molecule has 2 atom stereocenters. The fourth-order valence-electron chi connectivity index (χ4n) is 4.43. The molecule has 21 heavy (non-hydrogen) atoms. The van der Waals surface area contributed by atoms with E-state index in [0.29, 0.717) is 12.1 Å². The maximum atomic E-state index is 6.45. The van der Waals surface area contributed by atoms with E-state index in [1.54, 1.807) is 0 Å². The highest BCUT2D eigenvalue weighted by molar-refractivity contribution is 4.92. The van der Waals surface area contributed by atoms with Crippen LogP contribution in [0, 0.1) is 11.3 Å². The third kappa shape index (κ3) is 4.67. The Balaban J connectivity index is 1.85. The number of hydrogen-bond acceptors (Lipinski definition) is 3. The quantitative estimate of drug-likeness (QED) is 0.846. The van der Waals surface area contributed by atoms with Gasteiger partial charge in [0.05, 0.1) is 0 Å². The maximum absolute atomic E-state index is 6.45. The molecule has 2 N–H and O–H groups in total. The van der Waals surface area contributed by atoms with E-state index >= 15 is 0 Å². The summed E-state index contributed by atoms with van der Waals surface area (Å²) in [5.41, 5.74) is 6.73. The number of nitrogens with two attached hydrogens (primary N) is 1. The molecule has 0 aromatic heterocycles. The lowest BCUT2D eigenvalue weighted by atomic mass is 9.79. The summed E-state index contributed by atoms with van der Waals surface area (Å²) in [5, 5.41) is 0. The Kier molecular flexibility index (Phi) is 6.10. The summed E-state index contributed by atoms with van der Waals surface area (Å²) in [6.45, 7) is 15.8. The molecule has 0 spiro atoms. The summed E-state index contributed by atoms with van der Waals surface area (Å²) < 4.78 is 0. The minimum absolute atomic E-state index is 0.275. The van der Waals surface area contributed by atoms with Crippen LogP contribution in [0.1, 0.15) is 59.8 Å². The fourth-order valence-corrected chi connectivity index (χ4v) is 4.43. The van der Waals surface area contributed by atoms with Crippen molar-refractivity contribution in [1.82, 2.24) is 9.80 Å². The van der Waals surface area contributed by atoms with E-state index in [0.717, 1.165) is 12.3 Å². The van der Waals surface area contributed by atoms with Gasteiger partial charge in [-0.25, -0.2) is 0 Å². The van der Waals surface area contributed by atoms with Crippen LogP contribution >= 0.6 is 0 Å². The van der Waals surface area contributed by atoms with Gasteiger partial charge in [-0.1, -0.05) is 27.7 Å². The monoisotopic (exact) mass is 295 g/mol. The van der Waals surface area contributed by atoms with E-state index in [-0.39, 0.29) is 5.41 Å². The summed E-state index contributed by atoms with van der Waals surface area (Å²) in [7, 11) is 0. The number of likely N-dealkylation sites (tertiary alicyclic amines) is 2. The minimum atomic E-state index is 0.275. The molecule has 2 unspecified atom stereocenters. The Labute approximate surface area is 132 Å². The van der Waals surface area contributed by atoms with Crippen LogP contribution in [0.4, 0.5) is 0 Å². The second kappa shape index (κ2) is 7.43. The lowest BCUT2D eigenvalue weighted by Crippen LogP contribution is -2.56. The number of nitrogens with zero attached hydrogens (tertiary/aromatic N) is 2. The first-order valence-electron chi connectivity index (χ1n) is 9.13. The first kappa shape index (κ1) is 17.2. The van der Waals surface area contributed by atoms with Crippen LogP contribution in [0.25, 0.3) is 0 Å². The molecule has 2 aliphatic heterocycles. The molecule has 0 saturated carbocycles. The van der Waals surface area contributed by atoms with Crippen molar-refractivity contribution in [3.05, 3.63) is 0 Å². The lowest BCUT2D eigenvalue weighted by molar-refractivity contribution is 0.0409. The molecule has 124 valence electrons. The topological polar surface area (TPSA) is 32.5 Å². The standard InChI is InChI=1S/C18H37N3/c1-5-16(19)17(18(2,3)4)21-12-8-15(9-13-21)14-20-10-6-7-11-20/h15-17H,5-14,19H2,1-4H3. The van der Waals surface area contributed by atoms with Crippen molar-refractivity contribution >= 4 is 0 Å². The maximum Gasteiger partial charge on any atom is 0.0295 e. The van der Waals surface area contributed by atoms with Crippen molar-refractivity contribution in [3.63, 3.8) is 0 Å². The summed E-state index contributed by atoms with van der Waals surface area (Å²) in [5.74, 6) is 0.915. The molecule has 2 fully saturated rings. The zero-order valence-corrected chi connectivity index (χ0v) is 14.8. The van der Waals surface area contributed by atoms with E-state index in [4.69, 9.17) is 5.73 Å². The molecule has 0 amide bonds. The highest BCUT2D eigenvalue weighted by atomic mass is 15.2. The zero-order valence-electron chi connectivity index (χ0n) is 14.8. The predicted molar refractivity (Wildman–Crippen MR) is 91.5 cm³/mol. The van der Waals surface area contributed by atoms with Crippen LogP contribution in [-0.2, 0) is 0 Å². The van der Waals surface area contributed by atoms with Gasteiger partial charge in [-0.2, -0.15) is 0 Å². The fraction of sp³-hybridized carbons (Fsp3) is 1.00. The Hall–Kier alpha value is -0.120. The summed E-state index contributed by atoms with van der Waals surface area (Å²) >= 11 is 0. The SMILES string of the molecule is CCC(N)C(N1CCC(CN2CCCC2)CC1)C(C)(C)C. The van der Waals surface area contributed by atoms with Crippen molar-refractivity contribution in [3.8, 4) is 0 Å². The highest BCUT2D eigenvalue weighted by Gasteiger charge is 2.36. The van der Waals surface area contributed by atoms with Gasteiger partial charge in [-0.3, -0.25) is 4.90 Å². The molecule has 2 heterocycles. The van der Waals surface area contributed by atoms with Crippen molar-refractivity contribution < 1.29 is 0 Å². The van der Waals surface area contributed by atoms with Gasteiger partial charge in [0.25, 0.3) is 0 Å². The van der Waals surface area contributed by atoms with Crippen molar-refractivity contribution in [2.45, 2.75) is 71.9 Å². The summed E-state index contributed by atoms with van der Waals surface area (Å²) in [6, 6.07) is 0.829. The first-order valence-corrected chi connectivity index (χ1v) is 9.13. The molecule has 2 saturated heterocycles. The molecule has 0 bridgehead atoms. The largest absolute Gasteiger partial charge is 0.326 e. The van der Waals surface area contributed by atoms with E-state index in [1.165, 1.54) is 58.4 Å². The minimum Gasteiger partial charge on any atom is -0.326 e. The highest BCUT2D eigenvalue weighted by Crippen LogP contribution is 2.31. The molecular weight excluding hydrogens is 258 g/mol. The number of hydrogen-bond donors (Lipinski definition) is 1. The molecule has 2 rings (SSSR count). The second-order valence-electron chi connectivity index (χ2n) is 8.37. The second-order valence-corrected chi connectivity index (χ2v) is 8.37. The van der Waals surface area contributed by atoms with Gasteiger partial charge in [-0.15, -0.1) is 0 Å². The molecule has 0 aromatic rings. The van der Waals surface area contributed by atoms with Crippen LogP contribution in [0.5, 0.6) is 0 Å². The van der Waals surface area contributed by atoms with Gasteiger partial charge in [-0.05, 0) is 69.6 Å². The third-order valence-corrected chi connectivity index (χ3v) is 5.52. The van der Waals surface area contributed by atoms with Gasteiger partial charge in [0, 0.05) is 18.6 Å². The third-order valence-electron chi connectivity index (χ3n) is 5.52. The van der Waals surface area contributed by atoms with Gasteiger partial charge in [0.2, 0.25) is 0 Å². The first-order chi connectivity index (χ1) is 9.91. The van der Waals surface area contributed by atoms with Crippen LogP contribution in [-0.4, -0.2) is 54.6 Å². The molecule has 3 heteroatoms. The van der Waals surface area contributed by atoms with Gasteiger partial charge in [0.1, 0.15) is 0 Å². The molecular formula is C18H37N3. The van der Waals surface area contributed by atoms with Crippen molar-refractivity contribution in [2.24, 2.45) is 17.1 Å². The Morgan fingerprint density at radius 1 is 1.05 bits per heavy atom. The Morgan fingerprint density at radius 3 is 2.10 bits per heavy atom. The average Bonchev–Trinajstić information content (AvgIpc) is 2.92. The molecule has 0 radical (unpaired) electrons. The van der Waals surface area contributed by atoms with E-state index in [1.807, 2.05) is 0 Å². The number of rotatable bonds is 5. The Morgan fingerprint density at radius 2 is 1.62 bits per heavy atom. The van der Waals surface area contributed by atoms with Crippen LogP contribution < -0.4 is 5.73 Å². The van der Waals surface area contributed by atoms with Crippen LogP contribution in [0.15, 0.2) is 0 Å². The smallest absolute Gasteiger partial charge is 0.0295 e. The zero-order chi connectivity index (χ0) is 15.5. The van der Waals surface area contributed by atoms with Crippen molar-refractivity contribution in [1.29, 1.82) is 0 Å². The molecule has 2 aliphatic rings. The average molecular weight is 296 g/mol. The van der Waals surface area contributed by atoms with Gasteiger partial charge in [0.15, 0.2) is 0 Å². The summed E-state index contributed by atoms with van der Waals surface area (Å²) in [6.07, 6.45) is 6.63. The molecule has 3 nitrogen and oxygen atoms in total. The lowest BCUT2D eigenvalue weighted by Gasteiger charge is -2.46. The van der Waals surface area contributed by atoms with Gasteiger partial charge >= 0.3 is 0 Å². The van der Waals surface area contributed by atoms with Gasteiger partial charge < -0.3 is 10.6 Å². The van der Waals surface area contributed by atoms with Crippen LogP contribution in [0.3, 0.4) is 0 Å².